The van der Waals surface area contributed by atoms with E-state index in [0.717, 1.165) is 17.0 Å². The first-order chi connectivity index (χ1) is 13.9. The van der Waals surface area contributed by atoms with Crippen LogP contribution in [0.2, 0.25) is 0 Å². The van der Waals surface area contributed by atoms with Gasteiger partial charge in [-0.2, -0.15) is 0 Å². The fourth-order valence-corrected chi connectivity index (χ4v) is 3.03. The molecule has 0 saturated carbocycles. The van der Waals surface area contributed by atoms with Crippen molar-refractivity contribution in [2.24, 2.45) is 0 Å². The van der Waals surface area contributed by atoms with Crippen LogP contribution in [0.25, 0.3) is 6.08 Å². The van der Waals surface area contributed by atoms with Crippen molar-refractivity contribution in [1.82, 2.24) is 0 Å². The van der Waals surface area contributed by atoms with Crippen molar-refractivity contribution in [3.63, 3.8) is 0 Å². The lowest BCUT2D eigenvalue weighted by molar-refractivity contribution is 0.103. The Balaban J connectivity index is 2.44. The van der Waals surface area contributed by atoms with Crippen molar-refractivity contribution in [1.29, 1.82) is 0 Å². The van der Waals surface area contributed by atoms with Crippen LogP contribution in [-0.2, 0) is 0 Å². The van der Waals surface area contributed by atoms with Crippen LogP contribution in [0, 0.1) is 0 Å². The number of allylic oxidation sites excluding steroid dienone is 1. The number of Topliss-reactive ketones (excluding diaryl/α,β-unsaturated/α-hetero) is 1. The molecule has 156 valence electrons. The van der Waals surface area contributed by atoms with Gasteiger partial charge in [0, 0.05) is 20.2 Å². The van der Waals surface area contributed by atoms with Gasteiger partial charge in [0.15, 0.2) is 11.5 Å². The number of carbonyl (C=O) groups is 1. The number of hydrogen-bond acceptors (Lipinski definition) is 6. The Hall–Kier alpha value is -2.86. The molecule has 0 unspecified atom stereocenters. The lowest BCUT2D eigenvalue weighted by Gasteiger charge is -2.18. The third kappa shape index (κ3) is 5.15. The summed E-state index contributed by atoms with van der Waals surface area (Å²) in [6, 6.07) is 8.76. The number of rotatable bonds is 9. The van der Waals surface area contributed by atoms with Gasteiger partial charge in [-0.25, -0.2) is 0 Å². The molecule has 0 N–H and O–H groups in total. The van der Waals surface area contributed by atoms with Crippen LogP contribution < -0.4 is 23.8 Å². The third-order valence-corrected chi connectivity index (χ3v) is 4.51. The number of carbonyl (C=O) groups excluding carboxylic acids is 1. The van der Waals surface area contributed by atoms with E-state index in [-0.39, 0.29) is 16.4 Å². The van der Waals surface area contributed by atoms with Gasteiger partial charge in [0.1, 0.15) is 11.5 Å². The minimum absolute atomic E-state index is 0.0457. The SMILES string of the molecule is CCOc1ccc(C=C(Cl)C(=O)c2cc(OC)c(OC)cc2OC)cc1N(C)C. The molecule has 0 aliphatic carbocycles. The Morgan fingerprint density at radius 3 is 2.14 bits per heavy atom. The zero-order valence-electron chi connectivity index (χ0n) is 17.5. The fraction of sp³-hybridized carbons (Fsp3) is 0.318. The number of ketones is 1. The Kier molecular flexibility index (Phi) is 7.79. The lowest BCUT2D eigenvalue weighted by atomic mass is 10.1. The van der Waals surface area contributed by atoms with E-state index in [1.54, 1.807) is 18.2 Å². The van der Waals surface area contributed by atoms with E-state index in [1.807, 2.05) is 44.1 Å². The highest BCUT2D eigenvalue weighted by atomic mass is 35.5. The molecule has 0 saturated heterocycles. The summed E-state index contributed by atoms with van der Waals surface area (Å²) in [4.78, 5) is 14.9. The standard InChI is InChI=1S/C22H26ClNO5/c1-7-29-18-9-8-14(11-17(18)24(2)3)10-16(23)22(25)15-12-20(27-5)21(28-6)13-19(15)26-4/h8-13H,7H2,1-6H3. The molecular weight excluding hydrogens is 394 g/mol. The zero-order valence-corrected chi connectivity index (χ0v) is 18.3. The molecular formula is C22H26ClNO5. The van der Waals surface area contributed by atoms with Gasteiger partial charge < -0.3 is 23.8 Å². The molecule has 0 aliphatic rings. The average molecular weight is 420 g/mol. The summed E-state index contributed by atoms with van der Waals surface area (Å²) in [6.07, 6.45) is 1.61. The van der Waals surface area contributed by atoms with Crippen LogP contribution in [0.3, 0.4) is 0 Å². The monoisotopic (exact) mass is 419 g/mol. The highest BCUT2D eigenvalue weighted by Gasteiger charge is 2.20. The first-order valence-electron chi connectivity index (χ1n) is 9.02. The molecule has 7 heteroatoms. The predicted molar refractivity (Wildman–Crippen MR) is 116 cm³/mol. The van der Waals surface area contributed by atoms with E-state index in [9.17, 15) is 4.79 Å². The van der Waals surface area contributed by atoms with Gasteiger partial charge in [-0.3, -0.25) is 4.79 Å². The van der Waals surface area contributed by atoms with Gasteiger partial charge in [0.05, 0.1) is 44.2 Å². The summed E-state index contributed by atoms with van der Waals surface area (Å²) >= 11 is 6.37. The Labute approximate surface area is 176 Å². The smallest absolute Gasteiger partial charge is 0.208 e. The van der Waals surface area contributed by atoms with Crippen molar-refractivity contribution < 1.29 is 23.7 Å². The van der Waals surface area contributed by atoms with E-state index in [0.29, 0.717) is 23.9 Å². The maximum Gasteiger partial charge on any atom is 0.208 e. The lowest BCUT2D eigenvalue weighted by Crippen LogP contribution is -2.11. The number of hydrogen-bond donors (Lipinski definition) is 0. The number of methoxy groups -OCH3 is 3. The molecule has 2 aromatic rings. The summed E-state index contributed by atoms with van der Waals surface area (Å²) in [5.41, 5.74) is 1.95. The number of benzene rings is 2. The van der Waals surface area contributed by atoms with Crippen molar-refractivity contribution in [2.75, 3.05) is 46.9 Å². The van der Waals surface area contributed by atoms with Gasteiger partial charge >= 0.3 is 0 Å². The number of halogens is 1. The van der Waals surface area contributed by atoms with E-state index >= 15 is 0 Å². The minimum Gasteiger partial charge on any atom is -0.496 e. The molecule has 0 amide bonds. The van der Waals surface area contributed by atoms with Gasteiger partial charge in [0.25, 0.3) is 0 Å². The zero-order chi connectivity index (χ0) is 21.6. The first-order valence-corrected chi connectivity index (χ1v) is 9.40. The van der Waals surface area contributed by atoms with Crippen LogP contribution in [-0.4, -0.2) is 47.8 Å². The Bertz CT molecular complexity index is 908. The van der Waals surface area contributed by atoms with Gasteiger partial charge in [-0.1, -0.05) is 17.7 Å². The van der Waals surface area contributed by atoms with Crippen molar-refractivity contribution in [3.8, 4) is 23.0 Å². The van der Waals surface area contributed by atoms with Gasteiger partial charge in [-0.05, 0) is 36.8 Å². The number of ether oxygens (including phenoxy) is 4. The molecule has 0 radical (unpaired) electrons. The Morgan fingerprint density at radius 1 is 0.966 bits per heavy atom. The van der Waals surface area contributed by atoms with Crippen LogP contribution in [0.4, 0.5) is 5.69 Å². The highest BCUT2D eigenvalue weighted by Crippen LogP contribution is 2.36. The highest BCUT2D eigenvalue weighted by molar-refractivity contribution is 6.47. The maximum atomic E-state index is 13.0. The summed E-state index contributed by atoms with van der Waals surface area (Å²) in [7, 11) is 8.34. The van der Waals surface area contributed by atoms with Crippen LogP contribution in [0.1, 0.15) is 22.8 Å². The normalized spacial score (nSPS) is 11.1. The van der Waals surface area contributed by atoms with Crippen molar-refractivity contribution in [2.45, 2.75) is 6.92 Å². The van der Waals surface area contributed by atoms with E-state index in [2.05, 4.69) is 0 Å². The first kappa shape index (κ1) is 22.4. The molecule has 29 heavy (non-hydrogen) atoms. The largest absolute Gasteiger partial charge is 0.496 e. The van der Waals surface area contributed by atoms with E-state index < -0.39 is 0 Å². The molecule has 0 bridgehead atoms. The number of anilines is 1. The molecule has 2 aromatic carbocycles. The molecule has 0 aromatic heterocycles. The maximum absolute atomic E-state index is 13.0. The summed E-state index contributed by atoms with van der Waals surface area (Å²) in [6.45, 7) is 2.49. The summed E-state index contributed by atoms with van der Waals surface area (Å²) in [5.74, 6) is 1.60. The van der Waals surface area contributed by atoms with Gasteiger partial charge in [0.2, 0.25) is 5.78 Å². The molecule has 2 rings (SSSR count). The van der Waals surface area contributed by atoms with Crippen molar-refractivity contribution in [3.05, 3.63) is 46.5 Å². The molecule has 6 nitrogen and oxygen atoms in total. The topological polar surface area (TPSA) is 57.2 Å². The number of nitrogens with zero attached hydrogens (tertiary/aromatic N) is 1. The molecule has 0 spiro atoms. The van der Waals surface area contributed by atoms with Gasteiger partial charge in [-0.15, -0.1) is 0 Å². The Morgan fingerprint density at radius 2 is 1.59 bits per heavy atom. The predicted octanol–water partition coefficient (Wildman–Crippen LogP) is 4.64. The summed E-state index contributed by atoms with van der Waals surface area (Å²) < 4.78 is 21.5. The van der Waals surface area contributed by atoms with E-state index in [4.69, 9.17) is 30.5 Å². The second-order valence-corrected chi connectivity index (χ2v) is 6.69. The molecule has 0 aliphatic heterocycles. The third-order valence-electron chi connectivity index (χ3n) is 4.23. The summed E-state index contributed by atoms with van der Waals surface area (Å²) in [5, 5.41) is 0.0457. The molecule has 0 atom stereocenters. The van der Waals surface area contributed by atoms with Crippen LogP contribution in [0.15, 0.2) is 35.4 Å². The second kappa shape index (κ2) is 10.1. The quantitative estimate of drug-likeness (QED) is 0.436. The van der Waals surface area contributed by atoms with Crippen molar-refractivity contribution >= 4 is 29.1 Å². The van der Waals surface area contributed by atoms with Crippen LogP contribution in [0.5, 0.6) is 23.0 Å². The average Bonchev–Trinajstić information content (AvgIpc) is 2.73. The fourth-order valence-electron chi connectivity index (χ4n) is 2.80. The van der Waals surface area contributed by atoms with Crippen LogP contribution >= 0.6 is 11.6 Å². The molecule has 0 fully saturated rings. The van der Waals surface area contributed by atoms with E-state index in [1.165, 1.54) is 21.3 Å². The molecule has 0 heterocycles. The second-order valence-electron chi connectivity index (χ2n) is 6.28. The minimum atomic E-state index is -0.384.